The SMILES string of the molecule is Cc1cc(/C=C(/C#N)C2=NN(c3ccccc3)[C@@H](N)[C@H]2C#N)c(C)n1-c1ccc(Oc2ccc([N+](=O)[O-])cc2[N+](=O)[O-])cc1. The fourth-order valence-corrected chi connectivity index (χ4v) is 5.01. The number of nitriles is 2. The lowest BCUT2D eigenvalue weighted by Crippen LogP contribution is -2.40. The van der Waals surface area contributed by atoms with Gasteiger partial charge in [-0.25, -0.2) is 5.01 Å². The number of aromatic nitrogens is 1. The van der Waals surface area contributed by atoms with Crippen LogP contribution in [0.4, 0.5) is 17.1 Å². The highest BCUT2D eigenvalue weighted by Gasteiger charge is 2.37. The maximum atomic E-state index is 11.5. The Balaban J connectivity index is 1.44. The van der Waals surface area contributed by atoms with Gasteiger partial charge in [-0.05, 0) is 74.0 Å². The smallest absolute Gasteiger partial charge is 0.318 e. The Labute approximate surface area is 251 Å². The zero-order chi connectivity index (χ0) is 31.5. The lowest BCUT2D eigenvalue weighted by molar-refractivity contribution is -0.394. The molecule has 1 aromatic heterocycles. The van der Waals surface area contributed by atoms with Crippen molar-refractivity contribution in [2.24, 2.45) is 16.8 Å². The third kappa shape index (κ3) is 5.46. The van der Waals surface area contributed by atoms with Crippen LogP contribution in [0.1, 0.15) is 17.0 Å². The van der Waals surface area contributed by atoms with E-state index in [1.165, 1.54) is 6.07 Å². The van der Waals surface area contributed by atoms with E-state index < -0.39 is 33.3 Å². The minimum absolute atomic E-state index is 0.130. The molecule has 0 aliphatic carbocycles. The molecule has 4 aromatic rings. The molecule has 0 radical (unpaired) electrons. The molecule has 1 aliphatic heterocycles. The second-order valence-corrected chi connectivity index (χ2v) is 9.86. The van der Waals surface area contributed by atoms with Crippen molar-refractivity contribution in [1.82, 2.24) is 4.57 Å². The molecule has 0 saturated heterocycles. The second-order valence-electron chi connectivity index (χ2n) is 9.86. The molecule has 44 heavy (non-hydrogen) atoms. The van der Waals surface area contributed by atoms with Crippen LogP contribution in [-0.4, -0.2) is 26.3 Å². The van der Waals surface area contributed by atoms with Gasteiger partial charge in [0.25, 0.3) is 5.69 Å². The summed E-state index contributed by atoms with van der Waals surface area (Å²) in [5, 5.41) is 48.5. The monoisotopic (exact) mass is 588 g/mol. The van der Waals surface area contributed by atoms with E-state index in [9.17, 15) is 30.8 Å². The molecule has 0 amide bonds. The van der Waals surface area contributed by atoms with Gasteiger partial charge < -0.3 is 15.0 Å². The number of allylic oxidation sites excluding steroid dienone is 1. The van der Waals surface area contributed by atoms with E-state index >= 15 is 0 Å². The van der Waals surface area contributed by atoms with Crippen LogP contribution in [-0.2, 0) is 0 Å². The Morgan fingerprint density at radius 1 is 0.977 bits per heavy atom. The number of nitro benzene ring substituents is 2. The molecule has 13 nitrogen and oxygen atoms in total. The number of anilines is 1. The van der Waals surface area contributed by atoms with Gasteiger partial charge in [-0.1, -0.05) is 18.2 Å². The fourth-order valence-electron chi connectivity index (χ4n) is 5.01. The molecule has 0 bridgehead atoms. The molecule has 2 atom stereocenters. The highest BCUT2D eigenvalue weighted by Crippen LogP contribution is 2.35. The maximum absolute atomic E-state index is 11.5. The third-order valence-corrected chi connectivity index (χ3v) is 7.13. The first-order valence-corrected chi connectivity index (χ1v) is 13.2. The van der Waals surface area contributed by atoms with Gasteiger partial charge >= 0.3 is 5.69 Å². The predicted molar refractivity (Wildman–Crippen MR) is 162 cm³/mol. The van der Waals surface area contributed by atoms with Gasteiger partial charge in [0.15, 0.2) is 0 Å². The number of aryl methyl sites for hydroxylation is 1. The quantitative estimate of drug-likeness (QED) is 0.148. The molecule has 1 aliphatic rings. The van der Waals surface area contributed by atoms with Gasteiger partial charge in [-0.15, -0.1) is 0 Å². The van der Waals surface area contributed by atoms with Crippen molar-refractivity contribution in [3.8, 4) is 29.3 Å². The molecule has 0 spiro atoms. The standard InChI is InChI=1S/C31H24N8O5/c1-19-14-21(15-22(17-32)30-27(18-33)31(34)37(35-30)24-6-4-3-5-7-24)20(2)36(19)23-8-11-26(12-9-23)44-29-13-10-25(38(40)41)16-28(29)39(42)43/h3-16,27,31H,34H2,1-2H3/b22-15-/t27-,31+/m0/s1. The number of hydrogen-bond donors (Lipinski definition) is 1. The molecular formula is C31H24N8O5. The largest absolute Gasteiger partial charge is 0.450 e. The topological polar surface area (TPSA) is 190 Å². The van der Waals surface area contributed by atoms with Gasteiger partial charge in [0.05, 0.1) is 39.0 Å². The Bertz CT molecular complexity index is 1920. The number of non-ortho nitro benzene ring substituents is 1. The van der Waals surface area contributed by atoms with Crippen LogP contribution in [0.3, 0.4) is 0 Å². The third-order valence-electron chi connectivity index (χ3n) is 7.13. The van der Waals surface area contributed by atoms with Gasteiger partial charge in [0.1, 0.15) is 23.9 Å². The molecule has 0 saturated carbocycles. The number of nitro groups is 2. The van der Waals surface area contributed by atoms with Gasteiger partial charge in [-0.2, -0.15) is 15.6 Å². The summed E-state index contributed by atoms with van der Waals surface area (Å²) in [5.41, 5.74) is 9.81. The van der Waals surface area contributed by atoms with E-state index in [0.717, 1.165) is 34.8 Å². The number of hydrazone groups is 1. The van der Waals surface area contributed by atoms with E-state index in [-0.39, 0.29) is 17.0 Å². The molecule has 3 aromatic carbocycles. The van der Waals surface area contributed by atoms with Crippen LogP contribution in [0.15, 0.2) is 89.5 Å². The summed E-state index contributed by atoms with van der Waals surface area (Å²) in [6.07, 6.45) is 0.934. The number of rotatable bonds is 8. The van der Waals surface area contributed by atoms with Crippen molar-refractivity contribution in [3.05, 3.63) is 122 Å². The number of hydrogen-bond acceptors (Lipinski definition) is 10. The number of para-hydroxylation sites is 1. The molecule has 2 heterocycles. The van der Waals surface area contributed by atoms with E-state index in [0.29, 0.717) is 11.4 Å². The summed E-state index contributed by atoms with van der Waals surface area (Å²) in [6.45, 7) is 3.79. The predicted octanol–water partition coefficient (Wildman–Crippen LogP) is 5.91. The number of ether oxygens (including phenoxy) is 1. The summed E-state index contributed by atoms with van der Waals surface area (Å²) in [6, 6.07) is 25.4. The van der Waals surface area contributed by atoms with Crippen LogP contribution < -0.4 is 15.5 Å². The lowest BCUT2D eigenvalue weighted by Gasteiger charge is -2.21. The highest BCUT2D eigenvalue weighted by molar-refractivity contribution is 6.11. The first kappa shape index (κ1) is 29.2. The Morgan fingerprint density at radius 3 is 2.30 bits per heavy atom. The van der Waals surface area contributed by atoms with Crippen LogP contribution >= 0.6 is 0 Å². The second kappa shape index (κ2) is 11.9. The van der Waals surface area contributed by atoms with E-state index in [2.05, 4.69) is 17.2 Å². The van der Waals surface area contributed by atoms with Crippen molar-refractivity contribution in [2.45, 2.75) is 20.0 Å². The maximum Gasteiger partial charge on any atom is 0.318 e. The molecular weight excluding hydrogens is 564 g/mol. The summed E-state index contributed by atoms with van der Waals surface area (Å²) in [4.78, 5) is 21.0. The van der Waals surface area contributed by atoms with Crippen molar-refractivity contribution < 1.29 is 14.6 Å². The molecule has 2 N–H and O–H groups in total. The summed E-state index contributed by atoms with van der Waals surface area (Å²) in [5.74, 6) is -0.654. The van der Waals surface area contributed by atoms with E-state index in [1.54, 1.807) is 35.4 Å². The van der Waals surface area contributed by atoms with Gasteiger partial charge in [0.2, 0.25) is 5.75 Å². The molecule has 5 rings (SSSR count). The first-order valence-electron chi connectivity index (χ1n) is 13.2. The minimum atomic E-state index is -0.816. The summed E-state index contributed by atoms with van der Waals surface area (Å²) in [7, 11) is 0. The van der Waals surface area contributed by atoms with Crippen molar-refractivity contribution >= 4 is 28.8 Å². The zero-order valence-corrected chi connectivity index (χ0v) is 23.5. The summed E-state index contributed by atoms with van der Waals surface area (Å²) >= 11 is 0. The van der Waals surface area contributed by atoms with Crippen molar-refractivity contribution in [1.29, 1.82) is 10.5 Å². The normalized spacial score (nSPS) is 16.2. The average molecular weight is 589 g/mol. The van der Waals surface area contributed by atoms with Crippen LogP contribution in [0.25, 0.3) is 11.8 Å². The number of benzene rings is 3. The van der Waals surface area contributed by atoms with E-state index in [4.69, 9.17) is 10.5 Å². The van der Waals surface area contributed by atoms with Gasteiger partial charge in [0, 0.05) is 23.1 Å². The molecule has 218 valence electrons. The Kier molecular flexibility index (Phi) is 7.89. The zero-order valence-electron chi connectivity index (χ0n) is 23.5. The molecule has 13 heteroatoms. The van der Waals surface area contributed by atoms with Crippen LogP contribution in [0, 0.1) is 62.7 Å². The molecule has 0 fully saturated rings. The minimum Gasteiger partial charge on any atom is -0.450 e. The number of nitrogens with two attached hydrogens (primary N) is 1. The fraction of sp³-hybridized carbons (Fsp3) is 0.129. The van der Waals surface area contributed by atoms with E-state index in [1.807, 2.05) is 54.8 Å². The first-order chi connectivity index (χ1) is 21.1. The van der Waals surface area contributed by atoms with Crippen LogP contribution in [0.5, 0.6) is 11.5 Å². The Hall–Kier alpha value is -6.31. The Morgan fingerprint density at radius 2 is 1.68 bits per heavy atom. The summed E-state index contributed by atoms with van der Waals surface area (Å²) < 4.78 is 7.64. The van der Waals surface area contributed by atoms with Gasteiger partial charge in [-0.3, -0.25) is 20.2 Å². The lowest BCUT2D eigenvalue weighted by atomic mass is 9.95. The highest BCUT2D eigenvalue weighted by atomic mass is 16.6. The van der Waals surface area contributed by atoms with Crippen LogP contribution in [0.2, 0.25) is 0 Å². The van der Waals surface area contributed by atoms with Crippen molar-refractivity contribution in [2.75, 3.05) is 5.01 Å². The number of nitrogens with zero attached hydrogens (tertiary/aromatic N) is 7. The molecule has 0 unspecified atom stereocenters. The average Bonchev–Trinajstić information content (AvgIpc) is 3.50. The van der Waals surface area contributed by atoms with Crippen molar-refractivity contribution in [3.63, 3.8) is 0 Å².